The third-order valence-corrected chi connectivity index (χ3v) is 7.95. The van der Waals surface area contributed by atoms with Crippen LogP contribution in [0, 0.1) is 24.7 Å². The topological polar surface area (TPSA) is 134 Å². The first-order chi connectivity index (χ1) is 17.8. The maximum absolute atomic E-state index is 13.5. The van der Waals surface area contributed by atoms with Crippen molar-refractivity contribution < 1.29 is 39.5 Å². The largest absolute Gasteiger partial charge is 0.481 e. The van der Waals surface area contributed by atoms with Crippen molar-refractivity contribution in [3.8, 4) is 5.75 Å². The fourth-order valence-electron chi connectivity index (χ4n) is 5.42. The van der Waals surface area contributed by atoms with Crippen LogP contribution in [0.2, 0.25) is 0 Å². The van der Waals surface area contributed by atoms with Crippen molar-refractivity contribution >= 4 is 11.9 Å². The maximum Gasteiger partial charge on any atom is 0.350 e. The Kier molecular flexibility index (Phi) is 9.79. The van der Waals surface area contributed by atoms with Crippen molar-refractivity contribution in [1.29, 1.82) is 0 Å². The van der Waals surface area contributed by atoms with Crippen molar-refractivity contribution in [2.24, 2.45) is 17.8 Å². The summed E-state index contributed by atoms with van der Waals surface area (Å²) < 4.78 is 12.2. The van der Waals surface area contributed by atoms with Crippen LogP contribution in [0.4, 0.5) is 0 Å². The lowest BCUT2D eigenvalue weighted by molar-refractivity contribution is -0.180. The van der Waals surface area contributed by atoms with E-state index in [2.05, 4.69) is 0 Å². The Bertz CT molecular complexity index is 1030. The molecule has 8 nitrogen and oxygen atoms in total. The average Bonchev–Trinajstić information content (AvgIpc) is 2.84. The molecule has 6 unspecified atom stereocenters. The summed E-state index contributed by atoms with van der Waals surface area (Å²) in [5.74, 6) is -3.12. The molecule has 3 rings (SSSR count). The van der Waals surface area contributed by atoms with Crippen LogP contribution in [0.15, 0.2) is 48.1 Å². The quantitative estimate of drug-likeness (QED) is 0.232. The van der Waals surface area contributed by atoms with Crippen LogP contribution in [0.3, 0.4) is 0 Å². The SMILES string of the molecule is CCC(C)(Oc1ccc(C)cc1)C(=O)OC1CC(O)C=C2C=CC(C)C(CCC(O)(O)CCCC(=O)O)C21. The number of ether oxygens (including phenoxy) is 2. The van der Waals surface area contributed by atoms with Crippen LogP contribution in [-0.4, -0.2) is 56.0 Å². The lowest BCUT2D eigenvalue weighted by Crippen LogP contribution is -2.48. The van der Waals surface area contributed by atoms with E-state index in [0.29, 0.717) is 18.6 Å². The van der Waals surface area contributed by atoms with Crippen LogP contribution >= 0.6 is 0 Å². The van der Waals surface area contributed by atoms with Gasteiger partial charge in [0.15, 0.2) is 5.79 Å². The van der Waals surface area contributed by atoms with Gasteiger partial charge in [-0.15, -0.1) is 0 Å². The van der Waals surface area contributed by atoms with Crippen molar-refractivity contribution in [3.05, 3.63) is 53.6 Å². The van der Waals surface area contributed by atoms with Crippen molar-refractivity contribution in [3.63, 3.8) is 0 Å². The molecule has 0 radical (unpaired) electrons. The molecule has 0 aromatic heterocycles. The predicted molar refractivity (Wildman–Crippen MR) is 142 cm³/mol. The first kappa shape index (κ1) is 29.9. The monoisotopic (exact) mass is 530 g/mol. The Labute approximate surface area is 225 Å². The number of carbonyl (C=O) groups is 2. The molecule has 0 amide bonds. The molecule has 2 aliphatic carbocycles. The number of aliphatic hydroxyl groups excluding tert-OH is 1. The predicted octanol–water partition coefficient (Wildman–Crippen LogP) is 4.30. The van der Waals surface area contributed by atoms with Gasteiger partial charge in [0.05, 0.1) is 6.10 Å². The molecular weight excluding hydrogens is 488 g/mol. The number of aliphatic carboxylic acids is 1. The second-order valence-corrected chi connectivity index (χ2v) is 11.1. The summed E-state index contributed by atoms with van der Waals surface area (Å²) in [5, 5.41) is 40.4. The molecule has 0 saturated heterocycles. The molecule has 0 heterocycles. The Morgan fingerprint density at radius 1 is 1.13 bits per heavy atom. The van der Waals surface area contributed by atoms with E-state index in [9.17, 15) is 24.9 Å². The van der Waals surface area contributed by atoms with Gasteiger partial charge in [0.25, 0.3) is 0 Å². The molecule has 4 N–H and O–H groups in total. The molecule has 0 fully saturated rings. The molecule has 0 bridgehead atoms. The summed E-state index contributed by atoms with van der Waals surface area (Å²) in [6, 6.07) is 7.46. The number of carboxylic acid groups (broad SMARTS) is 1. The lowest BCUT2D eigenvalue weighted by Gasteiger charge is -2.44. The van der Waals surface area contributed by atoms with Gasteiger partial charge < -0.3 is 29.9 Å². The van der Waals surface area contributed by atoms with Gasteiger partial charge in [-0.2, -0.15) is 0 Å². The zero-order valence-electron chi connectivity index (χ0n) is 22.8. The van der Waals surface area contributed by atoms with E-state index in [1.165, 1.54) is 0 Å². The molecule has 2 aliphatic rings. The molecule has 1 aromatic rings. The summed E-state index contributed by atoms with van der Waals surface area (Å²) >= 11 is 0. The number of allylic oxidation sites excluding steroid dienone is 2. The average molecular weight is 531 g/mol. The summed E-state index contributed by atoms with van der Waals surface area (Å²) in [6.07, 6.45) is 5.51. The highest BCUT2D eigenvalue weighted by Gasteiger charge is 2.45. The van der Waals surface area contributed by atoms with Crippen LogP contribution < -0.4 is 4.74 Å². The zero-order valence-corrected chi connectivity index (χ0v) is 22.8. The summed E-state index contributed by atoms with van der Waals surface area (Å²) in [5.41, 5.74) is 0.730. The van der Waals surface area contributed by atoms with E-state index in [1.807, 2.05) is 57.2 Å². The number of hydrogen-bond donors (Lipinski definition) is 4. The maximum atomic E-state index is 13.5. The molecule has 8 heteroatoms. The minimum absolute atomic E-state index is 0.0358. The van der Waals surface area contributed by atoms with Crippen LogP contribution in [0.1, 0.15) is 71.3 Å². The van der Waals surface area contributed by atoms with Gasteiger partial charge in [-0.25, -0.2) is 4.79 Å². The highest BCUT2D eigenvalue weighted by molar-refractivity contribution is 5.79. The van der Waals surface area contributed by atoms with Gasteiger partial charge in [-0.3, -0.25) is 4.79 Å². The minimum atomic E-state index is -1.98. The molecular formula is C30H42O8. The standard InChI is InChI=1S/C30H42O8/c1-5-29(4,38-23-12-8-19(2)9-13-23)28(34)37-25-18-22(31)17-21-11-10-20(3)24(27(21)25)14-16-30(35,36)15-6-7-26(32)33/h8-13,17,20,22,24-25,27,31,35-36H,5-7,14-16,18H2,1-4H3,(H,32,33). The third-order valence-electron chi connectivity index (χ3n) is 7.95. The second kappa shape index (κ2) is 12.5. The van der Waals surface area contributed by atoms with Gasteiger partial charge in [-0.1, -0.05) is 49.8 Å². The number of benzene rings is 1. The first-order valence-corrected chi connectivity index (χ1v) is 13.5. The lowest BCUT2D eigenvalue weighted by atomic mass is 9.66. The number of aryl methyl sites for hydroxylation is 1. The van der Waals surface area contributed by atoms with Crippen LogP contribution in [0.25, 0.3) is 0 Å². The van der Waals surface area contributed by atoms with E-state index in [4.69, 9.17) is 14.6 Å². The number of esters is 1. The Morgan fingerprint density at radius 3 is 2.45 bits per heavy atom. The summed E-state index contributed by atoms with van der Waals surface area (Å²) in [6.45, 7) is 7.58. The van der Waals surface area contributed by atoms with Crippen molar-refractivity contribution in [1.82, 2.24) is 0 Å². The van der Waals surface area contributed by atoms with E-state index in [0.717, 1.165) is 11.1 Å². The fraction of sp³-hybridized carbons (Fsp3) is 0.600. The van der Waals surface area contributed by atoms with Crippen molar-refractivity contribution in [2.75, 3.05) is 0 Å². The molecule has 0 aliphatic heterocycles. The Hall–Kier alpha value is -2.68. The van der Waals surface area contributed by atoms with Crippen molar-refractivity contribution in [2.45, 2.75) is 96.2 Å². The van der Waals surface area contributed by atoms with Gasteiger partial charge in [0, 0.05) is 31.6 Å². The molecule has 0 spiro atoms. The summed E-state index contributed by atoms with van der Waals surface area (Å²) in [4.78, 5) is 24.3. The van der Waals surface area contributed by atoms with E-state index in [1.54, 1.807) is 13.0 Å². The normalized spacial score (nSPS) is 26.6. The zero-order chi connectivity index (χ0) is 28.1. The third kappa shape index (κ3) is 7.68. The van der Waals surface area contributed by atoms with Crippen LogP contribution in [-0.2, 0) is 14.3 Å². The number of hydrogen-bond acceptors (Lipinski definition) is 7. The van der Waals surface area contributed by atoms with E-state index < -0.39 is 35.5 Å². The van der Waals surface area contributed by atoms with Crippen LogP contribution in [0.5, 0.6) is 5.75 Å². The molecule has 0 saturated carbocycles. The number of fused-ring (bicyclic) bond motifs is 1. The number of rotatable bonds is 12. The summed E-state index contributed by atoms with van der Waals surface area (Å²) in [7, 11) is 0. The highest BCUT2D eigenvalue weighted by atomic mass is 16.6. The first-order valence-electron chi connectivity index (χ1n) is 13.5. The van der Waals surface area contributed by atoms with Gasteiger partial charge in [0.1, 0.15) is 11.9 Å². The van der Waals surface area contributed by atoms with Gasteiger partial charge in [-0.05, 0) is 62.7 Å². The molecule has 210 valence electrons. The minimum Gasteiger partial charge on any atom is -0.481 e. The fourth-order valence-corrected chi connectivity index (χ4v) is 5.42. The molecule has 6 atom stereocenters. The number of aliphatic hydroxyl groups is 3. The Balaban J connectivity index is 1.76. The second-order valence-electron chi connectivity index (χ2n) is 11.1. The number of carbonyl (C=O) groups excluding carboxylic acids is 1. The molecule has 1 aromatic carbocycles. The molecule has 38 heavy (non-hydrogen) atoms. The van der Waals surface area contributed by atoms with Gasteiger partial charge >= 0.3 is 11.9 Å². The van der Waals surface area contributed by atoms with E-state index in [-0.39, 0.29) is 49.9 Å². The smallest absolute Gasteiger partial charge is 0.350 e. The Morgan fingerprint density at radius 2 is 1.82 bits per heavy atom. The number of carboxylic acids is 1. The van der Waals surface area contributed by atoms with E-state index >= 15 is 0 Å². The van der Waals surface area contributed by atoms with Gasteiger partial charge in [0.2, 0.25) is 5.60 Å². The highest BCUT2D eigenvalue weighted by Crippen LogP contribution is 2.44.